The van der Waals surface area contributed by atoms with Crippen molar-refractivity contribution >= 4 is 20.5 Å². The second kappa shape index (κ2) is 12.4. The normalized spacial score (nSPS) is 12.2. The Kier molecular flexibility index (Phi) is 9.94. The predicted octanol–water partition coefficient (Wildman–Crippen LogP) is 8.86. The fraction of sp³-hybridized carbons (Fsp3) is 0.308. The predicted molar refractivity (Wildman–Crippen MR) is 132 cm³/mol. The number of hydrogen-bond donors (Lipinski definition) is 0. The summed E-state index contributed by atoms with van der Waals surface area (Å²) in [5.74, 6) is -43.9. The zero-order chi connectivity index (χ0) is 34.7. The van der Waals surface area contributed by atoms with Crippen LogP contribution in [0.1, 0.15) is 41.5 Å². The van der Waals surface area contributed by atoms with Crippen molar-refractivity contribution in [1.82, 2.24) is 0 Å². The summed E-state index contributed by atoms with van der Waals surface area (Å²) in [6.45, 7) is 8.97. The van der Waals surface area contributed by atoms with Gasteiger partial charge in [-0.1, -0.05) is 49.5 Å². The van der Waals surface area contributed by atoms with Crippen molar-refractivity contribution < 1.29 is 75.4 Å². The van der Waals surface area contributed by atoms with Crippen LogP contribution < -0.4 is 19.3 Å². The van der Waals surface area contributed by atoms with Crippen molar-refractivity contribution in [2.75, 3.05) is 0 Å². The van der Waals surface area contributed by atoms with Crippen molar-refractivity contribution in [1.29, 1.82) is 0 Å². The Bertz CT molecular complexity index is 1500. The molecule has 19 heteroatoms. The lowest BCUT2D eigenvalue weighted by Crippen LogP contribution is -2.40. The number of hydrogen-bond acceptors (Lipinski definition) is 3. The molecule has 0 saturated carbocycles. The first kappa shape index (κ1) is 36.0. The lowest BCUT2D eigenvalue weighted by atomic mass is 10.1. The Morgan fingerprint density at radius 2 is 0.556 bits per heavy atom. The maximum absolute atomic E-state index is 15.4. The molecule has 45 heavy (non-hydrogen) atoms. The molecular formula is C26H18BF14O3P. The van der Waals surface area contributed by atoms with E-state index in [1.54, 1.807) is 0 Å². The fourth-order valence-electron chi connectivity index (χ4n) is 4.31. The number of halogens is 14. The highest BCUT2D eigenvalue weighted by atomic mass is 31.1. The summed E-state index contributed by atoms with van der Waals surface area (Å²) in [6, 6.07) is 0. The quantitative estimate of drug-likeness (QED) is 0.0818. The first-order valence-corrected chi connectivity index (χ1v) is 13.5. The van der Waals surface area contributed by atoms with Gasteiger partial charge in [-0.2, -0.15) is 26.3 Å². The lowest BCUT2D eigenvalue weighted by Gasteiger charge is -2.42. The molecule has 3 rings (SSSR count). The second-order valence-corrected chi connectivity index (χ2v) is 14.9. The van der Waals surface area contributed by atoms with E-state index in [0.29, 0.717) is 0 Å². The topological polar surface area (TPSA) is 27.7 Å². The summed E-state index contributed by atoms with van der Waals surface area (Å²) >= 11 is 0. The molecule has 0 unspecified atom stereocenters. The second-order valence-electron chi connectivity index (χ2n) is 11.1. The Labute approximate surface area is 247 Å². The molecular weight excluding hydrogens is 668 g/mol. The van der Waals surface area contributed by atoms with Gasteiger partial charge in [0.15, 0.2) is 28.9 Å². The minimum Gasteiger partial charge on any atom is -0.484 e. The average Bonchev–Trinajstić information content (AvgIpc) is 2.94. The van der Waals surface area contributed by atoms with Gasteiger partial charge in [-0.15, -0.1) is 0 Å². The van der Waals surface area contributed by atoms with E-state index in [1.807, 2.05) is 0 Å². The molecule has 0 spiro atoms. The largest absolute Gasteiger partial charge is 0.864 e. The SMILES string of the molecule is CC(C)(C)P(c1c(F)c(F)c(OB(Oc2c(F)c(F)c(F)c(F)c2F)Oc2c(F)c(F)c(F)c(F)c2F)c(F)c1F)C(C)(C)C. The van der Waals surface area contributed by atoms with Crippen molar-refractivity contribution in [2.45, 2.75) is 51.9 Å². The van der Waals surface area contributed by atoms with E-state index in [9.17, 15) is 43.9 Å². The Morgan fingerprint density at radius 3 is 0.778 bits per heavy atom. The summed E-state index contributed by atoms with van der Waals surface area (Å²) in [5, 5.41) is -3.16. The van der Waals surface area contributed by atoms with E-state index in [4.69, 9.17) is 0 Å². The third kappa shape index (κ3) is 6.47. The monoisotopic (exact) mass is 686 g/mol. The van der Waals surface area contributed by atoms with Gasteiger partial charge in [0, 0.05) is 0 Å². The highest BCUT2D eigenvalue weighted by Gasteiger charge is 2.45. The first-order chi connectivity index (χ1) is 20.4. The van der Waals surface area contributed by atoms with Crippen molar-refractivity contribution in [3.8, 4) is 17.2 Å². The van der Waals surface area contributed by atoms with Crippen molar-refractivity contribution in [2.24, 2.45) is 0 Å². The molecule has 0 atom stereocenters. The van der Waals surface area contributed by atoms with Crippen LogP contribution in [0.5, 0.6) is 17.2 Å². The number of benzene rings is 3. The average molecular weight is 686 g/mol. The summed E-state index contributed by atoms with van der Waals surface area (Å²) < 4.78 is 213. The Hall–Kier alpha value is -3.43. The maximum atomic E-state index is 15.4. The summed E-state index contributed by atoms with van der Waals surface area (Å²) in [5.41, 5.74) is 0. The molecule has 3 aromatic rings. The van der Waals surface area contributed by atoms with Crippen molar-refractivity contribution in [3.63, 3.8) is 0 Å². The third-order valence-electron chi connectivity index (χ3n) is 5.75. The molecule has 0 aliphatic carbocycles. The van der Waals surface area contributed by atoms with Gasteiger partial charge < -0.3 is 14.0 Å². The van der Waals surface area contributed by atoms with Crippen LogP contribution in [-0.2, 0) is 0 Å². The van der Waals surface area contributed by atoms with Gasteiger partial charge >= 0.3 is 7.32 Å². The van der Waals surface area contributed by atoms with Crippen LogP contribution in [-0.4, -0.2) is 17.6 Å². The summed E-state index contributed by atoms with van der Waals surface area (Å²) in [4.78, 5) is 0. The van der Waals surface area contributed by atoms with E-state index < -0.39 is 130 Å². The van der Waals surface area contributed by atoms with Crippen LogP contribution in [0.15, 0.2) is 0 Å². The van der Waals surface area contributed by atoms with Gasteiger partial charge in [0.2, 0.25) is 69.8 Å². The van der Waals surface area contributed by atoms with Crippen LogP contribution >= 0.6 is 7.92 Å². The molecule has 0 fully saturated rings. The molecule has 3 nitrogen and oxygen atoms in total. The minimum absolute atomic E-state index is 1.02. The molecule has 0 aliphatic rings. The molecule has 0 radical (unpaired) electrons. The fourth-order valence-corrected chi connectivity index (χ4v) is 8.26. The van der Waals surface area contributed by atoms with Gasteiger partial charge in [0.25, 0.3) is 0 Å². The van der Waals surface area contributed by atoms with Crippen LogP contribution in [0.25, 0.3) is 0 Å². The molecule has 0 amide bonds. The van der Waals surface area contributed by atoms with Crippen LogP contribution in [0, 0.1) is 81.4 Å². The molecule has 3 aromatic carbocycles. The van der Waals surface area contributed by atoms with Crippen LogP contribution in [0.4, 0.5) is 61.5 Å². The molecule has 0 bridgehead atoms. The molecule has 0 aliphatic heterocycles. The highest BCUT2D eigenvalue weighted by Crippen LogP contribution is 2.59. The van der Waals surface area contributed by atoms with Crippen molar-refractivity contribution in [3.05, 3.63) is 81.4 Å². The van der Waals surface area contributed by atoms with E-state index in [1.165, 1.54) is 41.5 Å². The van der Waals surface area contributed by atoms with Crippen LogP contribution in [0.3, 0.4) is 0 Å². The van der Waals surface area contributed by atoms with Gasteiger partial charge in [-0.25, -0.2) is 35.1 Å². The van der Waals surface area contributed by atoms with Gasteiger partial charge in [0.05, 0.1) is 5.30 Å². The Morgan fingerprint density at radius 1 is 0.356 bits per heavy atom. The highest BCUT2D eigenvalue weighted by molar-refractivity contribution is 7.68. The van der Waals surface area contributed by atoms with E-state index in [2.05, 4.69) is 14.0 Å². The molecule has 0 saturated heterocycles. The summed E-state index contributed by atoms with van der Waals surface area (Å²) in [6.07, 6.45) is 0. The van der Waals surface area contributed by atoms with E-state index in [-0.39, 0.29) is 0 Å². The van der Waals surface area contributed by atoms with Crippen LogP contribution in [0.2, 0.25) is 0 Å². The number of rotatable bonds is 7. The summed E-state index contributed by atoms with van der Waals surface area (Å²) in [7, 11) is -5.81. The third-order valence-corrected chi connectivity index (χ3v) is 9.27. The molecule has 0 N–H and O–H groups in total. The van der Waals surface area contributed by atoms with E-state index >= 15 is 17.6 Å². The van der Waals surface area contributed by atoms with Gasteiger partial charge in [0.1, 0.15) is 0 Å². The smallest absolute Gasteiger partial charge is 0.484 e. The molecule has 0 aromatic heterocycles. The minimum atomic E-state index is -3.66. The molecule has 0 heterocycles. The zero-order valence-corrected chi connectivity index (χ0v) is 24.4. The Balaban J connectivity index is 2.29. The maximum Gasteiger partial charge on any atom is 0.864 e. The standard InChI is InChI=1S/C26H18BF14O3P/c1-25(2,3)45(26(4,5)6)24-19(40)17(38)23(18(39)20(24)41)44-27(42-21-13(34)9(30)7(28)10(31)14(21)35)43-22-15(36)11(32)8(29)12(33)16(22)37/h1-6H3. The van der Waals surface area contributed by atoms with E-state index in [0.717, 1.165) is 0 Å². The lowest BCUT2D eigenvalue weighted by molar-refractivity contribution is 0.249. The first-order valence-electron chi connectivity index (χ1n) is 12.1. The molecule has 246 valence electrons. The van der Waals surface area contributed by atoms with Gasteiger partial charge in [-0.3, -0.25) is 0 Å². The van der Waals surface area contributed by atoms with Gasteiger partial charge in [-0.05, 0) is 10.3 Å². The zero-order valence-electron chi connectivity index (χ0n) is 23.5.